The molecule has 7 heteroatoms. The van der Waals surface area contributed by atoms with Crippen molar-refractivity contribution in [1.29, 1.82) is 0 Å². The van der Waals surface area contributed by atoms with Crippen LogP contribution in [0.25, 0.3) is 0 Å². The van der Waals surface area contributed by atoms with E-state index in [1.807, 2.05) is 6.92 Å². The Bertz CT molecular complexity index is 535. The van der Waals surface area contributed by atoms with Crippen LogP contribution in [0.4, 0.5) is 5.69 Å². The van der Waals surface area contributed by atoms with Gasteiger partial charge in [-0.25, -0.2) is 9.97 Å². The molecule has 2 rings (SSSR count). The number of aromatic nitrogens is 3. The first-order chi connectivity index (χ1) is 8.70. The van der Waals surface area contributed by atoms with Crippen molar-refractivity contribution in [3.63, 3.8) is 0 Å². The van der Waals surface area contributed by atoms with Gasteiger partial charge in [0.2, 0.25) is 5.88 Å². The van der Waals surface area contributed by atoms with E-state index in [9.17, 15) is 0 Å². The molecule has 0 fully saturated rings. The Balaban J connectivity index is 2.23. The Morgan fingerprint density at radius 3 is 2.83 bits per heavy atom. The van der Waals surface area contributed by atoms with Gasteiger partial charge in [-0.15, -0.1) is 0 Å². The third-order valence-electron chi connectivity index (χ3n) is 1.99. The van der Waals surface area contributed by atoms with E-state index in [4.69, 9.17) is 22.1 Å². The van der Waals surface area contributed by atoms with Crippen LogP contribution >= 0.6 is 23.4 Å². The minimum absolute atomic E-state index is 0.393. The molecule has 0 radical (unpaired) electrons. The second kappa shape index (κ2) is 5.88. The third-order valence-corrected chi connectivity index (χ3v) is 3.19. The lowest BCUT2D eigenvalue weighted by Gasteiger charge is -2.08. The van der Waals surface area contributed by atoms with Crippen LogP contribution in [0, 0.1) is 0 Å². The zero-order chi connectivity index (χ0) is 13.0. The summed E-state index contributed by atoms with van der Waals surface area (Å²) in [6.45, 7) is 2.37. The first-order valence-electron chi connectivity index (χ1n) is 5.23. The van der Waals surface area contributed by atoms with Crippen molar-refractivity contribution in [2.45, 2.75) is 17.0 Å². The summed E-state index contributed by atoms with van der Waals surface area (Å²) in [6, 6.07) is 3.56. The number of nitrogens with two attached hydrogens (primary N) is 1. The van der Waals surface area contributed by atoms with Crippen LogP contribution < -0.4 is 10.5 Å². The topological polar surface area (TPSA) is 73.9 Å². The van der Waals surface area contributed by atoms with Crippen molar-refractivity contribution in [3.8, 4) is 5.88 Å². The molecule has 18 heavy (non-hydrogen) atoms. The molecule has 0 aliphatic rings. The zero-order valence-electron chi connectivity index (χ0n) is 9.63. The highest BCUT2D eigenvalue weighted by atomic mass is 35.5. The number of rotatable bonds is 4. The van der Waals surface area contributed by atoms with Gasteiger partial charge in [-0.2, -0.15) is 4.98 Å². The molecule has 0 aliphatic carbocycles. The quantitative estimate of drug-likeness (QED) is 0.869. The van der Waals surface area contributed by atoms with E-state index in [1.54, 1.807) is 18.3 Å². The fourth-order valence-corrected chi connectivity index (χ4v) is 2.07. The number of anilines is 1. The summed E-state index contributed by atoms with van der Waals surface area (Å²) in [5, 5.41) is 1.96. The third kappa shape index (κ3) is 3.02. The van der Waals surface area contributed by atoms with Crippen LogP contribution in [0.1, 0.15) is 6.92 Å². The molecule has 2 aromatic rings. The van der Waals surface area contributed by atoms with Crippen LogP contribution in [-0.2, 0) is 0 Å². The maximum Gasteiger partial charge on any atom is 0.241 e. The molecule has 0 saturated carbocycles. The van der Waals surface area contributed by atoms with E-state index in [1.165, 1.54) is 18.1 Å². The Kier molecular flexibility index (Phi) is 4.22. The molecule has 0 unspecified atom stereocenters. The Labute approximate surface area is 114 Å². The number of halogens is 1. The molecule has 2 heterocycles. The van der Waals surface area contributed by atoms with E-state index in [0.29, 0.717) is 28.2 Å². The molecular formula is C11H11ClN4OS. The molecule has 0 aromatic carbocycles. The number of ether oxygens (including phenoxy) is 1. The maximum atomic E-state index is 5.92. The largest absolute Gasteiger partial charge is 0.476 e. The van der Waals surface area contributed by atoms with Crippen molar-refractivity contribution in [2.75, 3.05) is 12.3 Å². The Morgan fingerprint density at radius 1 is 1.33 bits per heavy atom. The van der Waals surface area contributed by atoms with Gasteiger partial charge in [-0.05, 0) is 30.8 Å². The zero-order valence-corrected chi connectivity index (χ0v) is 11.2. The van der Waals surface area contributed by atoms with Crippen molar-refractivity contribution < 1.29 is 4.74 Å². The SMILES string of the molecule is CCOc1ncnc(Sc2ccc(Cl)cn2)c1N. The first kappa shape index (κ1) is 12.9. The Morgan fingerprint density at radius 2 is 2.17 bits per heavy atom. The molecule has 0 saturated heterocycles. The summed E-state index contributed by atoms with van der Waals surface area (Å²) >= 11 is 7.11. The summed E-state index contributed by atoms with van der Waals surface area (Å²) in [5.74, 6) is 0.393. The summed E-state index contributed by atoms with van der Waals surface area (Å²) in [6.07, 6.45) is 2.99. The Hall–Kier alpha value is -1.53. The van der Waals surface area contributed by atoms with Gasteiger partial charge in [-0.3, -0.25) is 0 Å². The van der Waals surface area contributed by atoms with Crippen LogP contribution in [0.2, 0.25) is 5.02 Å². The minimum atomic E-state index is 0.393. The van der Waals surface area contributed by atoms with E-state index < -0.39 is 0 Å². The molecule has 2 N–H and O–H groups in total. The summed E-state index contributed by atoms with van der Waals surface area (Å²) in [5.41, 5.74) is 6.34. The number of pyridine rings is 1. The van der Waals surface area contributed by atoms with Gasteiger partial charge < -0.3 is 10.5 Å². The van der Waals surface area contributed by atoms with Crippen LogP contribution in [0.15, 0.2) is 34.7 Å². The summed E-state index contributed by atoms with van der Waals surface area (Å²) < 4.78 is 5.30. The summed E-state index contributed by atoms with van der Waals surface area (Å²) in [4.78, 5) is 12.2. The van der Waals surface area contributed by atoms with Gasteiger partial charge in [-0.1, -0.05) is 11.6 Å². The predicted molar refractivity (Wildman–Crippen MR) is 71.0 cm³/mol. The van der Waals surface area contributed by atoms with Crippen molar-refractivity contribution >= 4 is 29.1 Å². The van der Waals surface area contributed by atoms with Gasteiger partial charge >= 0.3 is 0 Å². The average Bonchev–Trinajstić information content (AvgIpc) is 2.37. The lowest BCUT2D eigenvalue weighted by Crippen LogP contribution is -2.02. The first-order valence-corrected chi connectivity index (χ1v) is 6.43. The standard InChI is InChI=1S/C11H11ClN4OS/c1-2-17-10-9(13)11(16-6-15-10)18-8-4-3-7(12)5-14-8/h3-6H,2,13H2,1H3. The van der Waals surface area contributed by atoms with E-state index in [0.717, 1.165) is 5.03 Å². The molecule has 0 bridgehead atoms. The highest BCUT2D eigenvalue weighted by Gasteiger charge is 2.10. The van der Waals surface area contributed by atoms with Gasteiger partial charge in [0.05, 0.1) is 11.6 Å². The second-order valence-electron chi connectivity index (χ2n) is 3.25. The fraction of sp³-hybridized carbons (Fsp3) is 0.182. The van der Waals surface area contributed by atoms with Gasteiger partial charge in [0.25, 0.3) is 0 Å². The molecule has 5 nitrogen and oxygen atoms in total. The fourth-order valence-electron chi connectivity index (χ4n) is 1.22. The second-order valence-corrected chi connectivity index (χ2v) is 4.69. The number of hydrogen-bond acceptors (Lipinski definition) is 6. The monoisotopic (exact) mass is 282 g/mol. The van der Waals surface area contributed by atoms with Crippen LogP contribution in [-0.4, -0.2) is 21.6 Å². The van der Waals surface area contributed by atoms with Gasteiger partial charge in [0, 0.05) is 6.20 Å². The van der Waals surface area contributed by atoms with Crippen LogP contribution in [0.3, 0.4) is 0 Å². The van der Waals surface area contributed by atoms with Crippen molar-refractivity contribution in [2.24, 2.45) is 0 Å². The van der Waals surface area contributed by atoms with E-state index in [-0.39, 0.29) is 0 Å². The average molecular weight is 283 g/mol. The number of nitrogens with zero attached hydrogens (tertiary/aromatic N) is 3. The molecular weight excluding hydrogens is 272 g/mol. The summed E-state index contributed by atoms with van der Waals surface area (Å²) in [7, 11) is 0. The molecule has 2 aromatic heterocycles. The lowest BCUT2D eigenvalue weighted by atomic mass is 10.5. The predicted octanol–water partition coefficient (Wildman–Crippen LogP) is 2.66. The highest BCUT2D eigenvalue weighted by Crippen LogP contribution is 2.33. The van der Waals surface area contributed by atoms with E-state index in [2.05, 4.69) is 15.0 Å². The van der Waals surface area contributed by atoms with E-state index >= 15 is 0 Å². The maximum absolute atomic E-state index is 5.92. The molecule has 0 aliphatic heterocycles. The molecule has 94 valence electrons. The number of hydrogen-bond donors (Lipinski definition) is 1. The molecule has 0 atom stereocenters. The smallest absolute Gasteiger partial charge is 0.241 e. The van der Waals surface area contributed by atoms with Gasteiger partial charge in [0.1, 0.15) is 22.1 Å². The normalized spacial score (nSPS) is 10.3. The molecule has 0 spiro atoms. The van der Waals surface area contributed by atoms with Crippen LogP contribution in [0.5, 0.6) is 5.88 Å². The minimum Gasteiger partial charge on any atom is -0.476 e. The number of nitrogen functional groups attached to an aromatic ring is 1. The molecule has 0 amide bonds. The van der Waals surface area contributed by atoms with Crippen molar-refractivity contribution in [1.82, 2.24) is 15.0 Å². The van der Waals surface area contributed by atoms with Crippen molar-refractivity contribution in [3.05, 3.63) is 29.7 Å². The highest BCUT2D eigenvalue weighted by molar-refractivity contribution is 7.99. The van der Waals surface area contributed by atoms with Gasteiger partial charge in [0.15, 0.2) is 0 Å². The lowest BCUT2D eigenvalue weighted by molar-refractivity contribution is 0.327.